The van der Waals surface area contributed by atoms with E-state index in [9.17, 15) is 9.59 Å². The smallest absolute Gasteiger partial charge is 0.330 e. The van der Waals surface area contributed by atoms with Crippen molar-refractivity contribution < 1.29 is 19.3 Å². The zero-order valence-electron chi connectivity index (χ0n) is 13.3. The van der Waals surface area contributed by atoms with Crippen LogP contribution in [0, 0.1) is 9.28 Å². The second-order valence-electron chi connectivity index (χ2n) is 5.07. The number of rotatable bonds is 4. The van der Waals surface area contributed by atoms with Gasteiger partial charge in [-0.3, -0.25) is 0 Å². The molecule has 2 heterocycles. The summed E-state index contributed by atoms with van der Waals surface area (Å²) in [5, 5.41) is 0. The maximum Gasteiger partial charge on any atom is 0.363 e. The first-order valence-corrected chi connectivity index (χ1v) is 8.27. The van der Waals surface area contributed by atoms with Crippen molar-refractivity contribution in [2.75, 3.05) is 0 Å². The van der Waals surface area contributed by atoms with E-state index in [1.807, 2.05) is 0 Å². The molecule has 0 saturated heterocycles. The number of hydrogen-bond donors (Lipinski definition) is 0. The predicted octanol–water partition coefficient (Wildman–Crippen LogP) is 3.29. The molecule has 1 aromatic carbocycles. The maximum atomic E-state index is 12.3. The normalized spacial score (nSPS) is 10.2. The molecule has 0 fully saturated rings. The van der Waals surface area contributed by atoms with Gasteiger partial charge in [-0.1, -0.05) is 42.6 Å². The van der Waals surface area contributed by atoms with Crippen molar-refractivity contribution in [3.8, 4) is 0 Å². The van der Waals surface area contributed by atoms with E-state index in [4.69, 9.17) is 34.1 Å². The Morgan fingerprint density at radius 3 is 1.58 bits per heavy atom. The van der Waals surface area contributed by atoms with E-state index >= 15 is 0 Å². The van der Waals surface area contributed by atoms with Crippen molar-refractivity contribution in [1.82, 2.24) is 9.46 Å². The molecular formula is C18H12N2O4S2. The zero-order valence-corrected chi connectivity index (χ0v) is 14.9. The lowest BCUT2D eigenvalue weighted by Crippen LogP contribution is -2.22. The lowest BCUT2D eigenvalue weighted by Gasteiger charge is -2.09. The van der Waals surface area contributed by atoms with Gasteiger partial charge in [-0.05, 0) is 42.5 Å². The first-order valence-electron chi connectivity index (χ1n) is 7.45. The largest absolute Gasteiger partial charge is 0.363 e. The molecule has 0 saturated carbocycles. The van der Waals surface area contributed by atoms with Gasteiger partial charge in [-0.25, -0.2) is 9.59 Å². The van der Waals surface area contributed by atoms with E-state index in [-0.39, 0.29) is 11.1 Å². The van der Waals surface area contributed by atoms with E-state index in [0.29, 0.717) is 9.28 Å². The number of carbonyl (C=O) groups is 2. The molecule has 8 heteroatoms. The van der Waals surface area contributed by atoms with Crippen LogP contribution in [-0.2, 0) is 0 Å². The molecular weight excluding hydrogens is 372 g/mol. The molecule has 0 spiro atoms. The molecule has 0 radical (unpaired) electrons. The highest BCUT2D eigenvalue weighted by molar-refractivity contribution is 7.71. The van der Waals surface area contributed by atoms with E-state index < -0.39 is 11.9 Å². The molecule has 0 atom stereocenters. The Hall–Kier alpha value is -3.10. The van der Waals surface area contributed by atoms with Gasteiger partial charge in [-0.15, -0.1) is 0 Å². The van der Waals surface area contributed by atoms with E-state index in [2.05, 4.69) is 0 Å². The molecule has 26 heavy (non-hydrogen) atoms. The predicted molar refractivity (Wildman–Crippen MR) is 98.8 cm³/mol. The van der Waals surface area contributed by atoms with Crippen molar-refractivity contribution in [3.63, 3.8) is 0 Å². The number of nitrogens with zero attached hydrogens (tertiary/aromatic N) is 2. The third kappa shape index (κ3) is 4.11. The highest BCUT2D eigenvalue weighted by Crippen LogP contribution is 2.08. The van der Waals surface area contributed by atoms with Gasteiger partial charge in [0.15, 0.2) is 0 Å². The quantitative estimate of drug-likeness (QED) is 0.644. The first-order chi connectivity index (χ1) is 12.5. The first kappa shape index (κ1) is 17.7. The van der Waals surface area contributed by atoms with Gasteiger partial charge < -0.3 is 9.68 Å². The summed E-state index contributed by atoms with van der Waals surface area (Å²) in [7, 11) is 0. The third-order valence-corrected chi connectivity index (χ3v) is 3.91. The van der Waals surface area contributed by atoms with Crippen molar-refractivity contribution in [3.05, 3.63) is 93.5 Å². The van der Waals surface area contributed by atoms with Gasteiger partial charge in [0.2, 0.25) is 0 Å². The fourth-order valence-electron chi connectivity index (χ4n) is 2.03. The summed E-state index contributed by atoms with van der Waals surface area (Å²) >= 11 is 10.1. The van der Waals surface area contributed by atoms with Crippen LogP contribution < -0.4 is 9.68 Å². The molecule has 0 aliphatic carbocycles. The number of carbonyl (C=O) groups excluding carboxylic acids is 2. The molecule has 0 N–H and O–H groups in total. The van der Waals surface area contributed by atoms with Gasteiger partial charge >= 0.3 is 11.9 Å². The monoisotopic (exact) mass is 384 g/mol. The molecule has 0 amide bonds. The second kappa shape index (κ2) is 7.85. The topological polar surface area (TPSA) is 62.5 Å². The molecule has 0 aliphatic heterocycles. The van der Waals surface area contributed by atoms with Crippen LogP contribution in [0.4, 0.5) is 0 Å². The number of hydrogen-bond acceptors (Lipinski definition) is 6. The Morgan fingerprint density at radius 2 is 1.15 bits per heavy atom. The van der Waals surface area contributed by atoms with Gasteiger partial charge in [0.1, 0.15) is 9.28 Å². The molecule has 3 aromatic rings. The molecule has 0 bridgehead atoms. The maximum absolute atomic E-state index is 12.3. The minimum Gasteiger partial charge on any atom is -0.330 e. The Morgan fingerprint density at radius 1 is 0.692 bits per heavy atom. The van der Waals surface area contributed by atoms with Gasteiger partial charge in [0.05, 0.1) is 11.1 Å². The van der Waals surface area contributed by atoms with Crippen molar-refractivity contribution in [2.45, 2.75) is 0 Å². The lowest BCUT2D eigenvalue weighted by molar-refractivity contribution is 0.0450. The average molecular weight is 384 g/mol. The molecule has 3 rings (SSSR count). The van der Waals surface area contributed by atoms with E-state index in [0.717, 1.165) is 0 Å². The molecule has 6 nitrogen and oxygen atoms in total. The standard InChI is InChI=1S/C18H12N2O4S2/c21-17(23-19-10-3-1-8-15(19)25)13-6-5-7-14(12-13)18(22)24-20-11-4-2-9-16(20)26/h1-12H. The van der Waals surface area contributed by atoms with Crippen molar-refractivity contribution in [1.29, 1.82) is 0 Å². The van der Waals surface area contributed by atoms with Crippen LogP contribution in [0.2, 0.25) is 0 Å². The SMILES string of the molecule is O=C(On1ccccc1=S)c1cccc(C(=O)On2ccccc2=S)c1. The summed E-state index contributed by atoms with van der Waals surface area (Å²) in [6.07, 6.45) is 3.05. The minimum atomic E-state index is -0.654. The Labute approximate surface area is 158 Å². The molecule has 0 unspecified atom stereocenters. The summed E-state index contributed by atoms with van der Waals surface area (Å²) in [5.41, 5.74) is 0.365. The highest BCUT2D eigenvalue weighted by Gasteiger charge is 2.14. The minimum absolute atomic E-state index is 0.182. The number of pyridine rings is 2. The Balaban J connectivity index is 1.79. The number of benzene rings is 1. The highest BCUT2D eigenvalue weighted by atomic mass is 32.1. The summed E-state index contributed by atoms with van der Waals surface area (Å²) in [6.45, 7) is 0. The lowest BCUT2D eigenvalue weighted by atomic mass is 10.1. The third-order valence-electron chi connectivity index (χ3n) is 3.27. The average Bonchev–Trinajstić information content (AvgIpc) is 2.65. The van der Waals surface area contributed by atoms with Gasteiger partial charge in [0, 0.05) is 12.4 Å². The van der Waals surface area contributed by atoms with Crippen LogP contribution >= 0.6 is 24.4 Å². The van der Waals surface area contributed by atoms with Crippen LogP contribution in [0.5, 0.6) is 0 Å². The van der Waals surface area contributed by atoms with Crippen LogP contribution in [0.15, 0.2) is 73.1 Å². The van der Waals surface area contributed by atoms with Gasteiger partial charge in [-0.2, -0.15) is 9.46 Å². The van der Waals surface area contributed by atoms with Crippen LogP contribution in [-0.4, -0.2) is 21.4 Å². The molecule has 2 aromatic heterocycles. The van der Waals surface area contributed by atoms with E-state index in [1.165, 1.54) is 40.1 Å². The Kier molecular flexibility index (Phi) is 5.35. The fraction of sp³-hybridized carbons (Fsp3) is 0. The van der Waals surface area contributed by atoms with Crippen LogP contribution in [0.1, 0.15) is 20.7 Å². The second-order valence-corrected chi connectivity index (χ2v) is 5.90. The Bertz CT molecular complexity index is 1010. The summed E-state index contributed by atoms with van der Waals surface area (Å²) < 4.78 is 3.03. The van der Waals surface area contributed by atoms with Crippen LogP contribution in [0.25, 0.3) is 0 Å². The number of aromatic nitrogens is 2. The fourth-order valence-corrected chi connectivity index (χ4v) is 2.39. The van der Waals surface area contributed by atoms with Crippen LogP contribution in [0.3, 0.4) is 0 Å². The zero-order chi connectivity index (χ0) is 18.5. The molecule has 130 valence electrons. The summed E-state index contributed by atoms with van der Waals surface area (Å²) in [6, 6.07) is 16.1. The summed E-state index contributed by atoms with van der Waals surface area (Å²) in [4.78, 5) is 35.0. The van der Waals surface area contributed by atoms with E-state index in [1.54, 1.807) is 42.5 Å². The van der Waals surface area contributed by atoms with Crippen molar-refractivity contribution >= 4 is 36.4 Å². The summed E-state index contributed by atoms with van der Waals surface area (Å²) in [5.74, 6) is -1.31. The van der Waals surface area contributed by atoms with Crippen molar-refractivity contribution in [2.24, 2.45) is 0 Å². The molecule has 0 aliphatic rings. The van der Waals surface area contributed by atoms with Gasteiger partial charge in [0.25, 0.3) is 0 Å².